The molecule has 2 aliphatic heterocycles. The molecule has 0 aliphatic carbocycles. The molecule has 29 heavy (non-hydrogen) atoms. The molecule has 0 bridgehead atoms. The van der Waals surface area contributed by atoms with Gasteiger partial charge in [-0.2, -0.15) is 0 Å². The van der Waals surface area contributed by atoms with Crippen LogP contribution in [0, 0.1) is 5.92 Å². The van der Waals surface area contributed by atoms with Gasteiger partial charge in [-0.15, -0.1) is 0 Å². The van der Waals surface area contributed by atoms with Crippen LogP contribution in [0.4, 0.5) is 0 Å². The number of fused-ring (bicyclic) bond motifs is 1. The van der Waals surface area contributed by atoms with E-state index in [1.807, 2.05) is 10.5 Å². The lowest BCUT2D eigenvalue weighted by molar-refractivity contribution is 0.0835. The van der Waals surface area contributed by atoms with E-state index in [-0.39, 0.29) is 17.4 Å². The Labute approximate surface area is 168 Å². The van der Waals surface area contributed by atoms with Crippen LogP contribution >= 0.6 is 0 Å². The number of aromatic amines is 1. The van der Waals surface area contributed by atoms with Crippen molar-refractivity contribution in [1.29, 1.82) is 0 Å². The van der Waals surface area contributed by atoms with E-state index in [1.54, 1.807) is 18.6 Å². The summed E-state index contributed by atoms with van der Waals surface area (Å²) in [5.41, 5.74) is 1.48. The quantitative estimate of drug-likeness (QED) is 0.701. The minimum Gasteiger partial charge on any atom is -0.381 e. The Morgan fingerprint density at radius 2 is 1.97 bits per heavy atom. The highest BCUT2D eigenvalue weighted by molar-refractivity contribution is 5.45. The highest BCUT2D eigenvalue weighted by Gasteiger charge is 2.35. The van der Waals surface area contributed by atoms with E-state index in [0.717, 1.165) is 56.5 Å². The lowest BCUT2D eigenvalue weighted by Gasteiger charge is -2.24. The highest BCUT2D eigenvalue weighted by atomic mass is 16.5. The molecular formula is C21H26N6O2. The monoisotopic (exact) mass is 394 g/mol. The second kappa shape index (κ2) is 7.68. The Kier molecular flexibility index (Phi) is 4.89. The van der Waals surface area contributed by atoms with E-state index in [0.29, 0.717) is 17.4 Å². The lowest BCUT2D eigenvalue weighted by Crippen LogP contribution is -2.24. The Morgan fingerprint density at radius 3 is 2.76 bits per heavy atom. The summed E-state index contributed by atoms with van der Waals surface area (Å²) < 4.78 is 7.50. The fraction of sp³-hybridized carbons (Fsp3) is 0.524. The van der Waals surface area contributed by atoms with Crippen molar-refractivity contribution < 1.29 is 4.74 Å². The van der Waals surface area contributed by atoms with Gasteiger partial charge in [0.15, 0.2) is 0 Å². The van der Waals surface area contributed by atoms with Crippen molar-refractivity contribution in [3.8, 4) is 0 Å². The minimum absolute atomic E-state index is 0.0810. The third kappa shape index (κ3) is 3.36. The maximum Gasteiger partial charge on any atom is 0.274 e. The summed E-state index contributed by atoms with van der Waals surface area (Å²) in [4.78, 5) is 29.4. The van der Waals surface area contributed by atoms with E-state index in [4.69, 9.17) is 4.74 Å². The molecule has 0 amide bonds. The third-order valence-corrected chi connectivity index (χ3v) is 6.47. The molecule has 3 aromatic rings. The van der Waals surface area contributed by atoms with Gasteiger partial charge in [0.2, 0.25) is 0 Å². The summed E-state index contributed by atoms with van der Waals surface area (Å²) >= 11 is 0. The van der Waals surface area contributed by atoms with E-state index < -0.39 is 0 Å². The molecule has 0 radical (unpaired) electrons. The topological polar surface area (TPSA) is 97.2 Å². The molecule has 0 spiro atoms. The second-order valence-corrected chi connectivity index (χ2v) is 8.12. The van der Waals surface area contributed by atoms with Crippen molar-refractivity contribution in [3.05, 3.63) is 58.6 Å². The van der Waals surface area contributed by atoms with E-state index in [2.05, 4.69) is 38.4 Å². The smallest absolute Gasteiger partial charge is 0.274 e. The van der Waals surface area contributed by atoms with Gasteiger partial charge in [0.25, 0.3) is 5.56 Å². The van der Waals surface area contributed by atoms with Crippen molar-refractivity contribution >= 4 is 5.52 Å². The van der Waals surface area contributed by atoms with Crippen LogP contribution in [-0.2, 0) is 4.74 Å². The summed E-state index contributed by atoms with van der Waals surface area (Å²) in [7, 11) is 0. The molecule has 3 atom stereocenters. The van der Waals surface area contributed by atoms with Crippen LogP contribution in [-0.4, -0.2) is 50.6 Å². The van der Waals surface area contributed by atoms with Crippen LogP contribution in [0.5, 0.6) is 0 Å². The van der Waals surface area contributed by atoms with Crippen LogP contribution in [0.1, 0.15) is 54.9 Å². The number of aromatic nitrogens is 5. The number of ether oxygens (including phenoxy) is 1. The number of hydrogen-bond acceptors (Lipinski definition) is 6. The Hall–Kier alpha value is -2.58. The molecular weight excluding hydrogens is 368 g/mol. The Bertz CT molecular complexity index is 1040. The molecule has 2 fully saturated rings. The summed E-state index contributed by atoms with van der Waals surface area (Å²) in [6.07, 6.45) is 9.23. The zero-order valence-corrected chi connectivity index (χ0v) is 16.5. The average molecular weight is 394 g/mol. The molecule has 5 rings (SSSR count). The second-order valence-electron chi connectivity index (χ2n) is 8.12. The van der Waals surface area contributed by atoms with Gasteiger partial charge >= 0.3 is 0 Å². The maximum atomic E-state index is 12.8. The first-order valence-corrected chi connectivity index (χ1v) is 10.4. The normalized spacial score (nSPS) is 24.2. The van der Waals surface area contributed by atoms with Gasteiger partial charge in [0.05, 0.1) is 6.20 Å². The lowest BCUT2D eigenvalue weighted by atomic mass is 9.82. The summed E-state index contributed by atoms with van der Waals surface area (Å²) in [6, 6.07) is 1.84. The molecule has 2 N–H and O–H groups in total. The molecule has 5 heterocycles. The minimum atomic E-state index is -0.0810. The number of imidazole rings is 1. The van der Waals surface area contributed by atoms with Crippen molar-refractivity contribution in [2.75, 3.05) is 26.3 Å². The zero-order valence-electron chi connectivity index (χ0n) is 16.5. The van der Waals surface area contributed by atoms with Crippen LogP contribution < -0.4 is 10.9 Å². The van der Waals surface area contributed by atoms with E-state index >= 15 is 0 Å². The van der Waals surface area contributed by atoms with Gasteiger partial charge in [-0.3, -0.25) is 9.20 Å². The van der Waals surface area contributed by atoms with Gasteiger partial charge in [-0.1, -0.05) is 6.92 Å². The van der Waals surface area contributed by atoms with Crippen molar-refractivity contribution in [2.45, 2.75) is 37.5 Å². The van der Waals surface area contributed by atoms with Crippen LogP contribution in [0.2, 0.25) is 0 Å². The third-order valence-electron chi connectivity index (χ3n) is 6.47. The predicted octanol–water partition coefficient (Wildman–Crippen LogP) is 1.81. The average Bonchev–Trinajstić information content (AvgIpc) is 3.42. The molecule has 8 nitrogen and oxygen atoms in total. The number of H-pyrrole nitrogens is 1. The molecule has 3 aromatic heterocycles. The summed E-state index contributed by atoms with van der Waals surface area (Å²) in [6.45, 7) is 5.37. The molecule has 0 saturated carbocycles. The van der Waals surface area contributed by atoms with Crippen LogP contribution in [0.25, 0.3) is 5.52 Å². The van der Waals surface area contributed by atoms with Crippen molar-refractivity contribution in [1.82, 2.24) is 29.7 Å². The van der Waals surface area contributed by atoms with E-state index in [1.165, 1.54) is 0 Å². The molecule has 2 saturated heterocycles. The van der Waals surface area contributed by atoms with Crippen molar-refractivity contribution in [3.63, 3.8) is 0 Å². The number of hydrogen-bond donors (Lipinski definition) is 2. The molecule has 8 heteroatoms. The van der Waals surface area contributed by atoms with Gasteiger partial charge in [-0.05, 0) is 31.4 Å². The largest absolute Gasteiger partial charge is 0.381 e. The summed E-state index contributed by atoms with van der Waals surface area (Å²) in [5, 5.41) is 3.49. The van der Waals surface area contributed by atoms with Gasteiger partial charge < -0.3 is 15.0 Å². The number of nitrogens with zero attached hydrogens (tertiary/aromatic N) is 4. The molecule has 152 valence electrons. The number of nitrogens with one attached hydrogen (secondary N) is 2. The Balaban J connectivity index is 1.51. The fourth-order valence-corrected chi connectivity index (χ4v) is 4.79. The van der Waals surface area contributed by atoms with Crippen molar-refractivity contribution in [2.24, 2.45) is 5.92 Å². The van der Waals surface area contributed by atoms with Gasteiger partial charge in [0.1, 0.15) is 17.2 Å². The van der Waals surface area contributed by atoms with Gasteiger partial charge in [0, 0.05) is 61.8 Å². The first-order valence-electron chi connectivity index (χ1n) is 10.4. The zero-order chi connectivity index (χ0) is 19.8. The van der Waals surface area contributed by atoms with E-state index in [9.17, 15) is 4.79 Å². The SMILES string of the molecule is CC(c1ncccn1)[C@H]1CNC[C@H]1c1cn2c(C3CCOCC3)ncc2c(=O)[nH]1. The molecule has 0 aromatic carbocycles. The summed E-state index contributed by atoms with van der Waals surface area (Å²) in [5.74, 6) is 2.83. The van der Waals surface area contributed by atoms with Crippen LogP contribution in [0.3, 0.4) is 0 Å². The first kappa shape index (κ1) is 18.4. The van der Waals surface area contributed by atoms with Crippen LogP contribution in [0.15, 0.2) is 35.6 Å². The Morgan fingerprint density at radius 1 is 1.17 bits per heavy atom. The highest BCUT2D eigenvalue weighted by Crippen LogP contribution is 2.36. The molecule has 1 unspecified atom stereocenters. The number of rotatable bonds is 4. The van der Waals surface area contributed by atoms with Gasteiger partial charge in [-0.25, -0.2) is 15.0 Å². The fourth-order valence-electron chi connectivity index (χ4n) is 4.79. The first-order chi connectivity index (χ1) is 14.2. The predicted molar refractivity (Wildman–Crippen MR) is 108 cm³/mol. The standard InChI is InChI=1S/C21H26N6O2/c1-13(19-23-5-2-6-24-19)15-9-22-10-16(15)17-12-27-18(21(28)26-17)11-25-20(27)14-3-7-29-8-4-14/h2,5-6,11-16,22H,3-4,7-10H2,1H3,(H,26,28)/t13?,15-,16-/m1/s1. The molecule has 2 aliphatic rings. The maximum absolute atomic E-state index is 12.8.